The average molecular weight is 254 g/mol. The van der Waals surface area contributed by atoms with Gasteiger partial charge < -0.3 is 10.5 Å². The molecule has 1 aromatic heterocycles. The molecule has 2 N–H and O–H groups in total. The molecule has 0 atom stereocenters. The molecule has 1 heterocycles. The van der Waals surface area contributed by atoms with Crippen LogP contribution in [0.1, 0.15) is 16.8 Å². The second-order valence-corrected chi connectivity index (χ2v) is 4.28. The molecule has 2 aromatic rings. The molecular weight excluding hydrogens is 236 g/mol. The Bertz CT molecular complexity index is 550. The first kappa shape index (κ1) is 13.3. The molecule has 2 rings (SSSR count). The Kier molecular flexibility index (Phi) is 4.70. The van der Waals surface area contributed by atoms with Gasteiger partial charge in [-0.2, -0.15) is 0 Å². The third-order valence-corrected chi connectivity index (χ3v) is 2.66. The van der Waals surface area contributed by atoms with Gasteiger partial charge in [-0.25, -0.2) is 4.98 Å². The van der Waals surface area contributed by atoms with Crippen LogP contribution in [-0.2, 0) is 6.54 Å². The van der Waals surface area contributed by atoms with Crippen LogP contribution in [0.3, 0.4) is 0 Å². The average Bonchev–Trinajstić information content (AvgIpc) is 2.44. The van der Waals surface area contributed by atoms with Crippen LogP contribution in [0.4, 0.5) is 0 Å². The molecule has 0 bridgehead atoms. The van der Waals surface area contributed by atoms with Gasteiger partial charge >= 0.3 is 0 Å². The third kappa shape index (κ3) is 4.23. The Morgan fingerprint density at radius 2 is 2.00 bits per heavy atom. The Hall–Kier alpha value is -2.13. The smallest absolute Gasteiger partial charge is 0.214 e. The number of benzene rings is 1. The summed E-state index contributed by atoms with van der Waals surface area (Å²) >= 11 is 0. The molecule has 3 nitrogen and oxygen atoms in total. The van der Waals surface area contributed by atoms with Crippen LogP contribution in [0.5, 0.6) is 5.88 Å². The number of rotatable bonds is 5. The monoisotopic (exact) mass is 254 g/mol. The lowest BCUT2D eigenvalue weighted by atomic mass is 10.2. The summed E-state index contributed by atoms with van der Waals surface area (Å²) in [6, 6.07) is 14.0. The van der Waals surface area contributed by atoms with E-state index in [-0.39, 0.29) is 0 Å². The highest BCUT2D eigenvalue weighted by Gasteiger charge is 1.99. The van der Waals surface area contributed by atoms with Gasteiger partial charge in [-0.3, -0.25) is 0 Å². The van der Waals surface area contributed by atoms with E-state index in [1.807, 2.05) is 61.5 Å². The maximum atomic E-state index is 5.62. The molecule has 0 saturated carbocycles. The van der Waals surface area contributed by atoms with Crippen LogP contribution >= 0.6 is 0 Å². The Balaban J connectivity index is 1.92. The minimum Gasteiger partial charge on any atom is -0.473 e. The zero-order chi connectivity index (χ0) is 13.5. The topological polar surface area (TPSA) is 48.1 Å². The van der Waals surface area contributed by atoms with Crippen LogP contribution < -0.4 is 10.5 Å². The van der Waals surface area contributed by atoms with E-state index in [1.54, 1.807) is 0 Å². The van der Waals surface area contributed by atoms with Gasteiger partial charge in [0.15, 0.2) is 0 Å². The largest absolute Gasteiger partial charge is 0.473 e. The predicted molar refractivity (Wildman–Crippen MR) is 77.8 cm³/mol. The second kappa shape index (κ2) is 6.71. The molecule has 0 aliphatic rings. The van der Waals surface area contributed by atoms with E-state index in [0.717, 1.165) is 16.8 Å². The molecule has 0 amide bonds. The van der Waals surface area contributed by atoms with Crippen molar-refractivity contribution in [1.29, 1.82) is 0 Å². The molecule has 0 spiro atoms. The van der Waals surface area contributed by atoms with Crippen LogP contribution in [0, 0.1) is 6.92 Å². The van der Waals surface area contributed by atoms with Gasteiger partial charge in [0.25, 0.3) is 0 Å². The molecule has 0 fully saturated rings. The second-order valence-electron chi connectivity index (χ2n) is 4.28. The molecule has 0 aliphatic heterocycles. The quantitative estimate of drug-likeness (QED) is 0.892. The number of ether oxygens (including phenoxy) is 1. The fourth-order valence-electron chi connectivity index (χ4n) is 1.78. The number of nitrogens with two attached hydrogens (primary N) is 1. The van der Waals surface area contributed by atoms with Gasteiger partial charge in [-0.1, -0.05) is 36.4 Å². The van der Waals surface area contributed by atoms with E-state index in [4.69, 9.17) is 10.5 Å². The van der Waals surface area contributed by atoms with Gasteiger partial charge in [-0.15, -0.1) is 0 Å². The van der Waals surface area contributed by atoms with Crippen molar-refractivity contribution in [1.82, 2.24) is 4.98 Å². The van der Waals surface area contributed by atoms with Crippen molar-refractivity contribution < 1.29 is 4.74 Å². The number of aryl methyl sites for hydroxylation is 1. The summed E-state index contributed by atoms with van der Waals surface area (Å²) in [4.78, 5) is 4.31. The van der Waals surface area contributed by atoms with Crippen LogP contribution in [0.15, 0.2) is 48.5 Å². The van der Waals surface area contributed by atoms with Crippen LogP contribution in [0.25, 0.3) is 6.08 Å². The predicted octanol–water partition coefficient (Wildman–Crippen LogP) is 2.94. The summed E-state index contributed by atoms with van der Waals surface area (Å²) < 4.78 is 5.60. The van der Waals surface area contributed by atoms with Crippen molar-refractivity contribution in [2.45, 2.75) is 13.5 Å². The molecule has 98 valence electrons. The standard InChI is InChI=1S/C16H18N2O/c1-13-10-15(12-17)11-16(18-13)19-9-5-8-14-6-3-2-4-7-14/h2-8,10-11H,9,12,17H2,1H3/b8-5+. The van der Waals surface area contributed by atoms with Crippen molar-refractivity contribution in [3.8, 4) is 5.88 Å². The summed E-state index contributed by atoms with van der Waals surface area (Å²) in [5, 5.41) is 0. The Morgan fingerprint density at radius 1 is 1.21 bits per heavy atom. The third-order valence-electron chi connectivity index (χ3n) is 2.66. The molecule has 1 aromatic carbocycles. The SMILES string of the molecule is Cc1cc(CN)cc(OC/C=C/c2ccccc2)n1. The molecule has 0 saturated heterocycles. The van der Waals surface area contributed by atoms with Gasteiger partial charge in [0.05, 0.1) is 0 Å². The first-order chi connectivity index (χ1) is 9.28. The van der Waals surface area contributed by atoms with Crippen molar-refractivity contribution in [3.05, 3.63) is 65.4 Å². The Labute approximate surface area is 113 Å². The van der Waals surface area contributed by atoms with Crippen molar-refractivity contribution in [3.63, 3.8) is 0 Å². The number of aromatic nitrogens is 1. The van der Waals surface area contributed by atoms with Crippen molar-refractivity contribution in [2.24, 2.45) is 5.73 Å². The Morgan fingerprint density at radius 3 is 2.74 bits per heavy atom. The maximum Gasteiger partial charge on any atom is 0.214 e. The van der Waals surface area contributed by atoms with E-state index in [2.05, 4.69) is 4.98 Å². The normalized spacial score (nSPS) is 10.8. The van der Waals surface area contributed by atoms with E-state index in [9.17, 15) is 0 Å². The van der Waals surface area contributed by atoms with E-state index in [1.165, 1.54) is 0 Å². The summed E-state index contributed by atoms with van der Waals surface area (Å²) in [5.74, 6) is 0.623. The fraction of sp³-hybridized carbons (Fsp3) is 0.188. The zero-order valence-corrected chi connectivity index (χ0v) is 11.0. The maximum absolute atomic E-state index is 5.62. The minimum absolute atomic E-state index is 0.495. The summed E-state index contributed by atoms with van der Waals surface area (Å²) in [6.45, 7) is 2.93. The van der Waals surface area contributed by atoms with Gasteiger partial charge in [0.1, 0.15) is 6.61 Å². The summed E-state index contributed by atoms with van der Waals surface area (Å²) in [6.07, 6.45) is 4.00. The van der Waals surface area contributed by atoms with Crippen molar-refractivity contribution in [2.75, 3.05) is 6.61 Å². The first-order valence-corrected chi connectivity index (χ1v) is 6.30. The van der Waals surface area contributed by atoms with Gasteiger partial charge in [-0.05, 0) is 30.2 Å². The van der Waals surface area contributed by atoms with Crippen LogP contribution in [-0.4, -0.2) is 11.6 Å². The van der Waals surface area contributed by atoms with E-state index >= 15 is 0 Å². The highest BCUT2D eigenvalue weighted by atomic mass is 16.5. The number of pyridine rings is 1. The fourth-order valence-corrected chi connectivity index (χ4v) is 1.78. The van der Waals surface area contributed by atoms with E-state index in [0.29, 0.717) is 19.0 Å². The molecule has 0 aliphatic carbocycles. The molecule has 3 heteroatoms. The first-order valence-electron chi connectivity index (χ1n) is 6.30. The van der Waals surface area contributed by atoms with Gasteiger partial charge in [0.2, 0.25) is 5.88 Å². The number of hydrogen-bond acceptors (Lipinski definition) is 3. The summed E-state index contributed by atoms with van der Waals surface area (Å²) in [5.41, 5.74) is 8.74. The number of nitrogens with zero attached hydrogens (tertiary/aromatic N) is 1. The van der Waals surface area contributed by atoms with Gasteiger partial charge in [0, 0.05) is 18.3 Å². The van der Waals surface area contributed by atoms with E-state index < -0.39 is 0 Å². The molecular formula is C16H18N2O. The lowest BCUT2D eigenvalue weighted by Gasteiger charge is -2.05. The number of hydrogen-bond donors (Lipinski definition) is 1. The highest BCUT2D eigenvalue weighted by molar-refractivity contribution is 5.48. The lowest BCUT2D eigenvalue weighted by Crippen LogP contribution is -2.01. The minimum atomic E-state index is 0.495. The van der Waals surface area contributed by atoms with Crippen LogP contribution in [0.2, 0.25) is 0 Å². The molecule has 0 unspecified atom stereocenters. The molecule has 0 radical (unpaired) electrons. The summed E-state index contributed by atoms with van der Waals surface area (Å²) in [7, 11) is 0. The lowest BCUT2D eigenvalue weighted by molar-refractivity contribution is 0.348. The zero-order valence-electron chi connectivity index (χ0n) is 11.0. The highest BCUT2D eigenvalue weighted by Crippen LogP contribution is 2.12. The van der Waals surface area contributed by atoms with Crippen molar-refractivity contribution >= 4 is 6.08 Å². The molecule has 19 heavy (non-hydrogen) atoms.